The van der Waals surface area contributed by atoms with E-state index in [1.54, 1.807) is 0 Å². The number of benzene rings is 1. The van der Waals surface area contributed by atoms with E-state index in [9.17, 15) is 9.59 Å². The zero-order valence-electron chi connectivity index (χ0n) is 14.4. The van der Waals surface area contributed by atoms with Gasteiger partial charge in [0.1, 0.15) is 11.8 Å². The number of H-pyrrole nitrogens is 1. The fourth-order valence-corrected chi connectivity index (χ4v) is 2.28. The van der Waals surface area contributed by atoms with Crippen LogP contribution in [0.1, 0.15) is 6.92 Å². The van der Waals surface area contributed by atoms with Crippen LogP contribution in [0.3, 0.4) is 0 Å². The molecule has 9 nitrogen and oxygen atoms in total. The Hall–Kier alpha value is -2.91. The van der Waals surface area contributed by atoms with Gasteiger partial charge in [0.15, 0.2) is 0 Å². The second-order valence-corrected chi connectivity index (χ2v) is 5.43. The summed E-state index contributed by atoms with van der Waals surface area (Å²) in [5.41, 5.74) is 1.69. The molecule has 3 rings (SSSR count). The van der Waals surface area contributed by atoms with E-state index in [1.165, 1.54) is 6.92 Å². The van der Waals surface area contributed by atoms with Crippen LogP contribution in [0.15, 0.2) is 35.1 Å². The molecule has 1 fully saturated rings. The number of hydrogen-bond donors (Lipinski definition) is 5. The van der Waals surface area contributed by atoms with Crippen LogP contribution in [0.25, 0.3) is 10.9 Å². The average molecular weight is 365 g/mol. The summed E-state index contributed by atoms with van der Waals surface area (Å²) in [5, 5.41) is 27.0. The van der Waals surface area contributed by atoms with Crippen LogP contribution >= 0.6 is 0 Å². The Labute approximate surface area is 149 Å². The Morgan fingerprint density at radius 3 is 2.35 bits per heavy atom. The number of nitrogens with one attached hydrogen (secondary N) is 2. The molecule has 0 spiro atoms. The van der Waals surface area contributed by atoms with Crippen molar-refractivity contribution in [2.24, 2.45) is 0 Å². The van der Waals surface area contributed by atoms with Crippen LogP contribution in [0, 0.1) is 0 Å². The highest BCUT2D eigenvalue weighted by Crippen LogP contribution is 2.16. The van der Waals surface area contributed by atoms with Crippen LogP contribution in [0.4, 0.5) is 5.69 Å². The molecule has 0 bridgehead atoms. The van der Waals surface area contributed by atoms with Gasteiger partial charge >= 0.3 is 5.97 Å². The zero-order chi connectivity index (χ0) is 19.5. The summed E-state index contributed by atoms with van der Waals surface area (Å²) in [5.74, 6) is -1.19. The molecule has 1 aromatic carbocycles. The fourth-order valence-electron chi connectivity index (χ4n) is 2.28. The standard InChI is InChI=1S/C13H15N3O.C3H6O3.CH2O2/c17-13-12(16-7-5-14-6-8-16)9-10-3-1-2-4-11(10)15-13;1-2(4)3(5)6;2-1-3/h1-4,9,14H,5-8H2,(H,15,17);2,4H,1H3,(H,5,6);1H,(H,2,3). The van der Waals surface area contributed by atoms with Gasteiger partial charge in [-0.1, -0.05) is 18.2 Å². The number of hydrogen-bond acceptors (Lipinski definition) is 6. The van der Waals surface area contributed by atoms with Crippen LogP contribution in [-0.4, -0.2) is 65.0 Å². The maximum atomic E-state index is 12.0. The van der Waals surface area contributed by atoms with Gasteiger partial charge in [-0.3, -0.25) is 9.59 Å². The topological polar surface area (TPSA) is 143 Å². The van der Waals surface area contributed by atoms with Gasteiger partial charge in [-0.15, -0.1) is 0 Å². The van der Waals surface area contributed by atoms with E-state index in [0.717, 1.165) is 42.8 Å². The van der Waals surface area contributed by atoms with Crippen molar-refractivity contribution in [3.8, 4) is 0 Å². The molecule has 1 atom stereocenters. The zero-order valence-corrected chi connectivity index (χ0v) is 14.4. The highest BCUT2D eigenvalue weighted by molar-refractivity contribution is 5.81. The summed E-state index contributed by atoms with van der Waals surface area (Å²) < 4.78 is 0. The monoisotopic (exact) mass is 365 g/mol. The van der Waals surface area contributed by atoms with Crippen molar-refractivity contribution >= 4 is 29.0 Å². The molecule has 0 aliphatic carbocycles. The number of aliphatic hydroxyl groups excluding tert-OH is 1. The van der Waals surface area contributed by atoms with Gasteiger partial charge in [0.2, 0.25) is 0 Å². The van der Waals surface area contributed by atoms with E-state index in [-0.39, 0.29) is 12.0 Å². The van der Waals surface area contributed by atoms with E-state index in [2.05, 4.69) is 15.2 Å². The first-order valence-electron chi connectivity index (χ1n) is 7.97. The van der Waals surface area contributed by atoms with Crippen LogP contribution in [0.5, 0.6) is 0 Å². The molecular weight excluding hydrogens is 342 g/mol. The number of aliphatic hydroxyl groups is 1. The summed E-state index contributed by atoms with van der Waals surface area (Å²) in [7, 11) is 0. The lowest BCUT2D eigenvalue weighted by Gasteiger charge is -2.28. The minimum atomic E-state index is -1.23. The van der Waals surface area contributed by atoms with Crippen molar-refractivity contribution in [1.82, 2.24) is 10.3 Å². The summed E-state index contributed by atoms with van der Waals surface area (Å²) >= 11 is 0. The highest BCUT2D eigenvalue weighted by atomic mass is 16.4. The molecule has 0 radical (unpaired) electrons. The first-order chi connectivity index (χ1) is 12.4. The van der Waals surface area contributed by atoms with E-state index in [4.69, 9.17) is 20.1 Å². The number of aromatic amines is 1. The lowest BCUT2D eigenvalue weighted by Crippen LogP contribution is -2.45. The number of para-hydroxylation sites is 1. The number of fused-ring (bicyclic) bond motifs is 1. The highest BCUT2D eigenvalue weighted by Gasteiger charge is 2.14. The number of nitrogens with zero attached hydrogens (tertiary/aromatic N) is 1. The van der Waals surface area contributed by atoms with Gasteiger partial charge in [0.25, 0.3) is 12.0 Å². The van der Waals surface area contributed by atoms with Crippen LogP contribution in [0.2, 0.25) is 0 Å². The summed E-state index contributed by atoms with van der Waals surface area (Å²) in [6.07, 6.45) is -1.23. The van der Waals surface area contributed by atoms with Gasteiger partial charge in [0.05, 0.1) is 0 Å². The fraction of sp³-hybridized carbons (Fsp3) is 0.353. The van der Waals surface area contributed by atoms with Gasteiger partial charge in [-0.05, 0) is 19.1 Å². The van der Waals surface area contributed by atoms with Crippen molar-refractivity contribution < 1.29 is 24.9 Å². The number of aromatic nitrogens is 1. The minimum Gasteiger partial charge on any atom is -0.483 e. The van der Waals surface area contributed by atoms with Gasteiger partial charge in [-0.25, -0.2) is 4.79 Å². The predicted octanol–water partition coefficient (Wildman–Crippen LogP) is 0.0903. The Balaban J connectivity index is 0.000000318. The number of rotatable bonds is 2. The molecule has 26 heavy (non-hydrogen) atoms. The summed E-state index contributed by atoms with van der Waals surface area (Å²) in [4.78, 5) is 34.9. The van der Waals surface area contributed by atoms with Crippen molar-refractivity contribution in [3.05, 3.63) is 40.7 Å². The molecule has 5 N–H and O–H groups in total. The van der Waals surface area contributed by atoms with Gasteiger partial charge in [0, 0.05) is 37.1 Å². The molecule has 2 heterocycles. The molecule has 1 aliphatic heterocycles. The Morgan fingerprint density at radius 1 is 1.27 bits per heavy atom. The molecular formula is C17H23N3O6. The van der Waals surface area contributed by atoms with E-state index in [0.29, 0.717) is 0 Å². The molecule has 0 saturated carbocycles. The lowest BCUT2D eigenvalue weighted by atomic mass is 10.2. The van der Waals surface area contributed by atoms with Crippen molar-refractivity contribution in [1.29, 1.82) is 0 Å². The molecule has 2 aromatic rings. The van der Waals surface area contributed by atoms with Gasteiger partial charge < -0.3 is 30.5 Å². The third-order valence-electron chi connectivity index (χ3n) is 3.55. The number of carbonyl (C=O) groups is 2. The van der Waals surface area contributed by atoms with Crippen molar-refractivity contribution in [2.75, 3.05) is 31.1 Å². The minimum absolute atomic E-state index is 0.00519. The number of piperazine rings is 1. The third kappa shape index (κ3) is 6.54. The number of aliphatic carboxylic acids is 1. The first-order valence-corrected chi connectivity index (χ1v) is 7.97. The lowest BCUT2D eigenvalue weighted by molar-refractivity contribution is -0.145. The predicted molar refractivity (Wildman–Crippen MR) is 97.7 cm³/mol. The Bertz CT molecular complexity index is 768. The molecule has 142 valence electrons. The molecule has 0 amide bonds. The largest absolute Gasteiger partial charge is 0.483 e. The molecule has 9 heteroatoms. The van der Waals surface area contributed by atoms with E-state index >= 15 is 0 Å². The van der Waals surface area contributed by atoms with Crippen molar-refractivity contribution in [2.45, 2.75) is 13.0 Å². The number of anilines is 1. The molecule has 1 unspecified atom stereocenters. The van der Waals surface area contributed by atoms with Crippen LogP contribution < -0.4 is 15.8 Å². The maximum Gasteiger partial charge on any atom is 0.332 e. The van der Waals surface area contributed by atoms with Crippen molar-refractivity contribution in [3.63, 3.8) is 0 Å². The average Bonchev–Trinajstić information content (AvgIpc) is 2.63. The third-order valence-corrected chi connectivity index (χ3v) is 3.55. The number of carboxylic acid groups (broad SMARTS) is 2. The van der Waals surface area contributed by atoms with E-state index in [1.807, 2.05) is 30.3 Å². The first kappa shape index (κ1) is 21.1. The van der Waals surface area contributed by atoms with E-state index < -0.39 is 12.1 Å². The smallest absolute Gasteiger partial charge is 0.332 e. The Morgan fingerprint density at radius 2 is 1.81 bits per heavy atom. The Kier molecular flexibility index (Phi) is 8.82. The second-order valence-electron chi connectivity index (χ2n) is 5.43. The summed E-state index contributed by atoms with van der Waals surface area (Å²) in [6, 6.07) is 9.86. The second kappa shape index (κ2) is 10.9. The van der Waals surface area contributed by atoms with Gasteiger partial charge in [-0.2, -0.15) is 0 Å². The molecule has 1 saturated heterocycles. The number of carboxylic acids is 1. The normalized spacial score (nSPS) is 14.3. The number of pyridine rings is 1. The molecule has 1 aromatic heterocycles. The molecule has 1 aliphatic rings. The SMILES string of the molecule is CC(O)C(=O)O.O=CO.O=c1[nH]c2ccccc2cc1N1CCNCC1. The summed E-state index contributed by atoms with van der Waals surface area (Å²) in [6.45, 7) is 4.60. The quantitative estimate of drug-likeness (QED) is 0.471. The maximum absolute atomic E-state index is 12.0. The van der Waals surface area contributed by atoms with Crippen LogP contribution in [-0.2, 0) is 9.59 Å².